The van der Waals surface area contributed by atoms with E-state index in [0.29, 0.717) is 76.9 Å². The van der Waals surface area contributed by atoms with Crippen LogP contribution in [0.2, 0.25) is 0 Å². The van der Waals surface area contributed by atoms with Crippen molar-refractivity contribution >= 4 is 39.9 Å². The fraction of sp³-hybridized carbons (Fsp3) is 0.618. The minimum Gasteiger partial charge on any atom is -0.384 e. The summed E-state index contributed by atoms with van der Waals surface area (Å²) in [5.74, 6) is -1.04. The van der Waals surface area contributed by atoms with Crippen molar-refractivity contribution in [2.24, 2.45) is 0 Å². The molecule has 2 aliphatic heterocycles. The Morgan fingerprint density at radius 2 is 1.11 bits per heavy atom. The number of aliphatic hydroxyl groups is 1. The molecule has 4 rings (SSSR count). The fourth-order valence-corrected chi connectivity index (χ4v) is 6.32. The van der Waals surface area contributed by atoms with Crippen molar-refractivity contribution in [3.63, 3.8) is 0 Å². The van der Waals surface area contributed by atoms with Crippen LogP contribution in [0, 0.1) is 0 Å². The number of nitrogens with one attached hydrogen (secondary N) is 2. The van der Waals surface area contributed by atoms with Gasteiger partial charge in [0.25, 0.3) is 17.7 Å². The molecule has 1 unspecified atom stereocenters. The molecule has 3 amide bonds. The number of carbonyl (C=O) groups is 3. The summed E-state index contributed by atoms with van der Waals surface area (Å²) in [7, 11) is 16.0. The van der Waals surface area contributed by atoms with Crippen LogP contribution in [0.15, 0.2) is 12.1 Å². The van der Waals surface area contributed by atoms with Gasteiger partial charge in [-0.25, -0.2) is 0 Å². The van der Waals surface area contributed by atoms with Gasteiger partial charge in [0.15, 0.2) is 6.23 Å². The quantitative estimate of drug-likeness (QED) is 0.166. The second kappa shape index (κ2) is 15.5. The standard InChI is InChI=1S/C34H54N8O4/c1-37(2)15-9-13-35-25-21-23-28-27-24(32(44)41(33(45)29(25)27)19-11-17-39(5)6)22-26(36-14-10-16-38(3)4)30(28)34(46)42(31(23)43)20-12-18-40(7)8/h21-22,31,35-36,43H,9-20H2,1-8H3. The highest BCUT2D eigenvalue weighted by molar-refractivity contribution is 6.31. The average Bonchev–Trinajstić information content (AvgIpc) is 2.98. The van der Waals surface area contributed by atoms with E-state index < -0.39 is 6.23 Å². The first-order chi connectivity index (χ1) is 21.8. The molecule has 2 aromatic carbocycles. The number of hydrogen-bond donors (Lipinski definition) is 3. The molecular formula is C34H54N8O4. The number of benzene rings is 2. The Bertz CT molecular complexity index is 1420. The zero-order chi connectivity index (χ0) is 33.7. The van der Waals surface area contributed by atoms with Gasteiger partial charge < -0.3 is 40.2 Å². The van der Waals surface area contributed by atoms with E-state index in [9.17, 15) is 19.5 Å². The first-order valence-electron chi connectivity index (χ1n) is 16.4. The molecule has 2 heterocycles. The highest BCUT2D eigenvalue weighted by Crippen LogP contribution is 2.47. The van der Waals surface area contributed by atoms with Crippen molar-refractivity contribution in [1.82, 2.24) is 29.4 Å². The third kappa shape index (κ3) is 7.80. The summed E-state index contributed by atoms with van der Waals surface area (Å²) in [4.78, 5) is 53.8. The fourth-order valence-electron chi connectivity index (χ4n) is 6.32. The van der Waals surface area contributed by atoms with E-state index in [0.717, 1.165) is 39.0 Å². The summed E-state index contributed by atoms with van der Waals surface area (Å²) in [5.41, 5.74) is 2.86. The molecule has 3 N–H and O–H groups in total. The van der Waals surface area contributed by atoms with E-state index in [1.807, 2.05) is 67.3 Å². The average molecular weight is 639 g/mol. The maximum atomic E-state index is 14.3. The Kier molecular flexibility index (Phi) is 12.0. The van der Waals surface area contributed by atoms with Crippen LogP contribution in [0.5, 0.6) is 0 Å². The SMILES string of the molecule is CN(C)CCCNc1cc2c3c(c(NCCCN(C)C)cc4c3c1C(=O)N(CCCN(C)C)C4=O)C(=O)N(CCCN(C)C)C2O. The smallest absolute Gasteiger partial charge is 0.263 e. The summed E-state index contributed by atoms with van der Waals surface area (Å²) in [5, 5.41) is 19.7. The van der Waals surface area contributed by atoms with Gasteiger partial charge in [0.1, 0.15) is 0 Å². The molecule has 2 aliphatic rings. The van der Waals surface area contributed by atoms with Gasteiger partial charge >= 0.3 is 0 Å². The van der Waals surface area contributed by atoms with Gasteiger partial charge in [-0.2, -0.15) is 0 Å². The number of amides is 3. The molecule has 12 nitrogen and oxygen atoms in total. The Hall–Kier alpha value is -3.29. The molecule has 0 bridgehead atoms. The third-order valence-electron chi connectivity index (χ3n) is 8.60. The Labute approximate surface area is 274 Å². The van der Waals surface area contributed by atoms with Gasteiger partial charge in [-0.3, -0.25) is 19.3 Å². The van der Waals surface area contributed by atoms with Gasteiger partial charge in [-0.05, 0) is 120 Å². The Morgan fingerprint density at radius 1 is 0.630 bits per heavy atom. The van der Waals surface area contributed by atoms with Gasteiger partial charge in [0, 0.05) is 53.9 Å². The minimum absolute atomic E-state index is 0.285. The van der Waals surface area contributed by atoms with Crippen LogP contribution in [0.25, 0.3) is 10.8 Å². The third-order valence-corrected chi connectivity index (χ3v) is 8.60. The molecule has 254 valence electrons. The van der Waals surface area contributed by atoms with E-state index in [1.165, 1.54) is 9.80 Å². The molecule has 1 atom stereocenters. The lowest BCUT2D eigenvalue weighted by Crippen LogP contribution is -2.44. The van der Waals surface area contributed by atoms with E-state index in [4.69, 9.17) is 0 Å². The van der Waals surface area contributed by atoms with Gasteiger partial charge in [-0.1, -0.05) is 0 Å². The Morgan fingerprint density at radius 3 is 1.65 bits per heavy atom. The van der Waals surface area contributed by atoms with Crippen molar-refractivity contribution in [3.05, 3.63) is 34.4 Å². The Balaban J connectivity index is 1.89. The number of hydrogen-bond acceptors (Lipinski definition) is 10. The van der Waals surface area contributed by atoms with Crippen LogP contribution in [0.3, 0.4) is 0 Å². The first-order valence-corrected chi connectivity index (χ1v) is 16.4. The number of nitrogens with zero attached hydrogens (tertiary/aromatic N) is 6. The van der Waals surface area contributed by atoms with Crippen molar-refractivity contribution in [2.75, 3.05) is 119 Å². The lowest BCUT2D eigenvalue weighted by molar-refractivity contribution is 0.00385. The van der Waals surface area contributed by atoms with Crippen molar-refractivity contribution in [2.45, 2.75) is 31.9 Å². The molecule has 0 aromatic heterocycles. The number of carbonyl (C=O) groups excluding carboxylic acids is 3. The van der Waals surface area contributed by atoms with Crippen LogP contribution in [0.1, 0.15) is 68.5 Å². The minimum atomic E-state index is -1.21. The van der Waals surface area contributed by atoms with E-state index in [1.54, 1.807) is 6.07 Å². The van der Waals surface area contributed by atoms with Crippen LogP contribution in [-0.4, -0.2) is 161 Å². The zero-order valence-corrected chi connectivity index (χ0v) is 29.1. The molecule has 46 heavy (non-hydrogen) atoms. The topological polar surface area (TPSA) is 115 Å². The lowest BCUT2D eigenvalue weighted by atomic mass is 9.83. The van der Waals surface area contributed by atoms with Crippen LogP contribution in [-0.2, 0) is 0 Å². The predicted octanol–water partition coefficient (Wildman–Crippen LogP) is 2.51. The van der Waals surface area contributed by atoms with E-state index in [2.05, 4.69) is 25.3 Å². The second-order valence-electron chi connectivity index (χ2n) is 13.6. The summed E-state index contributed by atoms with van der Waals surface area (Å²) < 4.78 is 0. The number of rotatable bonds is 18. The number of imide groups is 1. The summed E-state index contributed by atoms with van der Waals surface area (Å²) in [6.45, 7) is 5.07. The summed E-state index contributed by atoms with van der Waals surface area (Å²) >= 11 is 0. The largest absolute Gasteiger partial charge is 0.384 e. The van der Waals surface area contributed by atoms with Crippen LogP contribution < -0.4 is 10.6 Å². The molecule has 0 saturated carbocycles. The van der Waals surface area contributed by atoms with Gasteiger partial charge in [0.05, 0.1) is 16.7 Å². The van der Waals surface area contributed by atoms with Crippen molar-refractivity contribution in [3.8, 4) is 0 Å². The van der Waals surface area contributed by atoms with E-state index in [-0.39, 0.29) is 24.3 Å². The predicted molar refractivity (Wildman–Crippen MR) is 185 cm³/mol. The second-order valence-corrected chi connectivity index (χ2v) is 13.6. The molecule has 0 saturated heterocycles. The maximum Gasteiger partial charge on any atom is 0.263 e. The molecule has 0 fully saturated rings. The van der Waals surface area contributed by atoms with Gasteiger partial charge in [0.2, 0.25) is 0 Å². The number of anilines is 2. The highest BCUT2D eigenvalue weighted by atomic mass is 16.3. The molecule has 0 aliphatic carbocycles. The molecule has 0 radical (unpaired) electrons. The molecule has 2 aromatic rings. The highest BCUT2D eigenvalue weighted by Gasteiger charge is 2.42. The molecular weight excluding hydrogens is 584 g/mol. The van der Waals surface area contributed by atoms with Gasteiger partial charge in [-0.15, -0.1) is 0 Å². The molecule has 12 heteroatoms. The number of aliphatic hydroxyl groups excluding tert-OH is 1. The first kappa shape index (κ1) is 35.6. The normalized spacial score (nSPS) is 16.3. The van der Waals surface area contributed by atoms with Crippen LogP contribution in [0.4, 0.5) is 11.4 Å². The van der Waals surface area contributed by atoms with E-state index >= 15 is 0 Å². The lowest BCUT2D eigenvalue weighted by Gasteiger charge is -2.38. The van der Waals surface area contributed by atoms with Crippen LogP contribution >= 0.6 is 0 Å². The summed E-state index contributed by atoms with van der Waals surface area (Å²) in [6.07, 6.45) is 1.79. The monoisotopic (exact) mass is 638 g/mol. The maximum absolute atomic E-state index is 14.3. The van der Waals surface area contributed by atoms with Crippen molar-refractivity contribution in [1.29, 1.82) is 0 Å². The molecule has 0 spiro atoms. The summed E-state index contributed by atoms with van der Waals surface area (Å²) in [6, 6.07) is 3.59. The zero-order valence-electron chi connectivity index (χ0n) is 29.1. The van der Waals surface area contributed by atoms with Crippen molar-refractivity contribution < 1.29 is 19.5 Å².